The molecule has 0 aliphatic carbocycles. The van der Waals surface area contributed by atoms with Gasteiger partial charge in [0.2, 0.25) is 0 Å². The van der Waals surface area contributed by atoms with Gasteiger partial charge in [-0.15, -0.1) is 0 Å². The molecule has 0 atom stereocenters. The minimum Gasteiger partial charge on any atom is -0.494 e. The van der Waals surface area contributed by atoms with Gasteiger partial charge in [0.25, 0.3) is 0 Å². The number of carbonyl (C=O) groups excluding carboxylic acids is 1. The summed E-state index contributed by atoms with van der Waals surface area (Å²) < 4.78 is 29.7. The van der Waals surface area contributed by atoms with Crippen LogP contribution in [0.5, 0.6) is 5.75 Å². The van der Waals surface area contributed by atoms with Gasteiger partial charge in [-0.2, -0.15) is 0 Å². The van der Waals surface area contributed by atoms with E-state index in [1.165, 1.54) is 20.3 Å². The quantitative estimate of drug-likeness (QED) is 0.830. The molecule has 0 N–H and O–H groups in total. The van der Waals surface area contributed by atoms with E-state index in [1.807, 2.05) is 0 Å². The van der Waals surface area contributed by atoms with Crippen molar-refractivity contribution in [2.24, 2.45) is 0 Å². The Kier molecular flexibility index (Phi) is 4.73. The Morgan fingerprint density at radius 2 is 2.05 bits per heavy atom. The lowest BCUT2D eigenvalue weighted by Crippen LogP contribution is -2.46. The van der Waals surface area contributed by atoms with Crippen molar-refractivity contribution in [3.8, 4) is 5.75 Å². The molecule has 4 nitrogen and oxygen atoms in total. The number of ketones is 1. The normalized spacial score (nSPS) is 17.8. The van der Waals surface area contributed by atoms with E-state index in [2.05, 4.69) is 0 Å². The van der Waals surface area contributed by atoms with Crippen LogP contribution in [0.15, 0.2) is 18.2 Å². The van der Waals surface area contributed by atoms with Crippen LogP contribution in [0.1, 0.15) is 18.4 Å². The lowest BCUT2D eigenvalue weighted by molar-refractivity contribution is -0.152. The van der Waals surface area contributed by atoms with Crippen molar-refractivity contribution in [3.05, 3.63) is 29.6 Å². The standard InChI is InChI=1S/C15H19FO4/c1-18-12-5-3-4-11(14(12)16)10-13(17)15(19-2)6-8-20-9-7-15/h3-5H,6-10H2,1-2H3. The van der Waals surface area contributed by atoms with Crippen LogP contribution in [-0.2, 0) is 20.7 Å². The highest BCUT2D eigenvalue weighted by Gasteiger charge is 2.39. The van der Waals surface area contributed by atoms with Crippen molar-refractivity contribution in [1.82, 2.24) is 0 Å². The van der Waals surface area contributed by atoms with Crippen LogP contribution >= 0.6 is 0 Å². The van der Waals surface area contributed by atoms with Gasteiger partial charge in [-0.1, -0.05) is 12.1 Å². The number of benzene rings is 1. The van der Waals surface area contributed by atoms with Gasteiger partial charge < -0.3 is 14.2 Å². The fourth-order valence-electron chi connectivity index (χ4n) is 2.48. The molecule has 0 bridgehead atoms. The summed E-state index contributed by atoms with van der Waals surface area (Å²) in [7, 11) is 2.92. The molecule has 20 heavy (non-hydrogen) atoms. The molecule has 0 unspecified atom stereocenters. The second-order valence-corrected chi connectivity index (χ2v) is 4.84. The third kappa shape index (κ3) is 2.83. The van der Waals surface area contributed by atoms with E-state index in [4.69, 9.17) is 14.2 Å². The zero-order valence-corrected chi connectivity index (χ0v) is 11.8. The Morgan fingerprint density at radius 1 is 1.35 bits per heavy atom. The third-order valence-electron chi connectivity index (χ3n) is 3.81. The molecule has 110 valence electrons. The fraction of sp³-hybridized carbons (Fsp3) is 0.533. The van der Waals surface area contributed by atoms with Gasteiger partial charge in [0, 0.05) is 39.6 Å². The maximum atomic E-state index is 14.1. The molecule has 0 saturated carbocycles. The second-order valence-electron chi connectivity index (χ2n) is 4.84. The van der Waals surface area contributed by atoms with Gasteiger partial charge in [0.15, 0.2) is 17.3 Å². The van der Waals surface area contributed by atoms with Crippen LogP contribution in [0, 0.1) is 5.82 Å². The van der Waals surface area contributed by atoms with Crippen LogP contribution in [0.4, 0.5) is 4.39 Å². The minimum atomic E-state index is -0.853. The zero-order valence-electron chi connectivity index (χ0n) is 11.8. The highest BCUT2D eigenvalue weighted by molar-refractivity contribution is 5.89. The molecule has 1 heterocycles. The summed E-state index contributed by atoms with van der Waals surface area (Å²) in [5.41, 5.74) is -0.523. The van der Waals surface area contributed by atoms with Gasteiger partial charge in [0.1, 0.15) is 5.60 Å². The van der Waals surface area contributed by atoms with Crippen molar-refractivity contribution in [1.29, 1.82) is 0 Å². The average Bonchev–Trinajstić information content (AvgIpc) is 2.50. The predicted molar refractivity (Wildman–Crippen MR) is 71.5 cm³/mol. The molecule has 0 amide bonds. The van der Waals surface area contributed by atoms with Crippen LogP contribution in [0.2, 0.25) is 0 Å². The number of Topliss-reactive ketones (excluding diaryl/α,β-unsaturated/α-hetero) is 1. The van der Waals surface area contributed by atoms with E-state index in [1.54, 1.807) is 12.1 Å². The molecule has 1 aliphatic heterocycles. The van der Waals surface area contributed by atoms with Gasteiger partial charge in [-0.25, -0.2) is 4.39 Å². The SMILES string of the molecule is COc1cccc(CC(=O)C2(OC)CCOCC2)c1F. The van der Waals surface area contributed by atoms with Crippen LogP contribution in [0.3, 0.4) is 0 Å². The Bertz CT molecular complexity index is 481. The molecule has 1 aromatic rings. The monoisotopic (exact) mass is 282 g/mol. The predicted octanol–water partition coefficient (Wildman–Crippen LogP) is 2.14. The molecule has 2 rings (SSSR count). The number of hydrogen-bond donors (Lipinski definition) is 0. The zero-order chi connectivity index (χ0) is 14.6. The largest absolute Gasteiger partial charge is 0.494 e. The van der Waals surface area contributed by atoms with E-state index in [9.17, 15) is 9.18 Å². The molecular weight excluding hydrogens is 263 g/mol. The summed E-state index contributed by atoms with van der Waals surface area (Å²) in [5.74, 6) is -0.453. The first-order valence-electron chi connectivity index (χ1n) is 6.60. The Hall–Kier alpha value is -1.46. The molecule has 1 saturated heterocycles. The number of hydrogen-bond acceptors (Lipinski definition) is 4. The van der Waals surface area contributed by atoms with E-state index >= 15 is 0 Å². The molecule has 1 aliphatic rings. The number of halogens is 1. The smallest absolute Gasteiger partial charge is 0.169 e. The minimum absolute atomic E-state index is 0.00310. The molecule has 0 spiro atoms. The van der Waals surface area contributed by atoms with Crippen molar-refractivity contribution in [2.75, 3.05) is 27.4 Å². The van der Waals surface area contributed by atoms with Crippen LogP contribution in [-0.4, -0.2) is 38.8 Å². The first kappa shape index (κ1) is 14.9. The number of methoxy groups -OCH3 is 2. The summed E-state index contributed by atoms with van der Waals surface area (Å²) in [6.45, 7) is 0.973. The van der Waals surface area contributed by atoms with E-state index in [0.717, 1.165) is 0 Å². The van der Waals surface area contributed by atoms with Gasteiger partial charge in [-0.05, 0) is 11.6 Å². The first-order chi connectivity index (χ1) is 9.63. The molecule has 1 fully saturated rings. The highest BCUT2D eigenvalue weighted by Crippen LogP contribution is 2.28. The molecular formula is C15H19FO4. The average molecular weight is 282 g/mol. The van der Waals surface area contributed by atoms with Crippen molar-refractivity contribution in [2.45, 2.75) is 24.9 Å². The lowest BCUT2D eigenvalue weighted by Gasteiger charge is -2.34. The summed E-state index contributed by atoms with van der Waals surface area (Å²) in [6.07, 6.45) is 1.01. The van der Waals surface area contributed by atoms with Crippen LogP contribution < -0.4 is 4.74 Å². The number of carbonyl (C=O) groups is 1. The summed E-state index contributed by atoms with van der Waals surface area (Å²) >= 11 is 0. The lowest BCUT2D eigenvalue weighted by atomic mass is 9.86. The first-order valence-corrected chi connectivity index (χ1v) is 6.60. The number of rotatable bonds is 5. The topological polar surface area (TPSA) is 44.8 Å². The summed E-state index contributed by atoms with van der Waals surface area (Å²) in [5, 5.41) is 0. The van der Waals surface area contributed by atoms with E-state index in [0.29, 0.717) is 31.6 Å². The summed E-state index contributed by atoms with van der Waals surface area (Å²) in [4.78, 5) is 12.5. The Labute approximate surface area is 117 Å². The third-order valence-corrected chi connectivity index (χ3v) is 3.81. The van der Waals surface area contributed by atoms with Crippen molar-refractivity contribution < 1.29 is 23.4 Å². The molecule has 0 aromatic heterocycles. The fourth-order valence-corrected chi connectivity index (χ4v) is 2.48. The van der Waals surface area contributed by atoms with Crippen molar-refractivity contribution in [3.63, 3.8) is 0 Å². The number of ether oxygens (including phenoxy) is 3. The van der Waals surface area contributed by atoms with Crippen LogP contribution in [0.25, 0.3) is 0 Å². The maximum absolute atomic E-state index is 14.1. The molecule has 1 aromatic carbocycles. The second kappa shape index (κ2) is 6.33. The van der Waals surface area contributed by atoms with E-state index < -0.39 is 11.4 Å². The molecule has 5 heteroatoms. The Morgan fingerprint density at radius 3 is 2.65 bits per heavy atom. The van der Waals surface area contributed by atoms with E-state index in [-0.39, 0.29) is 18.0 Å². The summed E-state index contributed by atoms with van der Waals surface area (Å²) in [6, 6.07) is 4.80. The van der Waals surface area contributed by atoms with Crippen molar-refractivity contribution >= 4 is 5.78 Å². The highest BCUT2D eigenvalue weighted by atomic mass is 19.1. The van der Waals surface area contributed by atoms with Gasteiger partial charge in [-0.3, -0.25) is 4.79 Å². The van der Waals surface area contributed by atoms with Gasteiger partial charge in [0.05, 0.1) is 7.11 Å². The maximum Gasteiger partial charge on any atom is 0.169 e. The molecule has 0 radical (unpaired) electrons. The Balaban J connectivity index is 2.18. The van der Waals surface area contributed by atoms with Gasteiger partial charge >= 0.3 is 0 Å².